The highest BCUT2D eigenvalue weighted by molar-refractivity contribution is 5.83. The van der Waals surface area contributed by atoms with Crippen LogP contribution in [0.1, 0.15) is 30.3 Å². The van der Waals surface area contributed by atoms with Gasteiger partial charge in [-0.15, -0.1) is 10.2 Å². The minimum Gasteiger partial charge on any atom is -0.423 e. The minimum absolute atomic E-state index is 0.224. The van der Waals surface area contributed by atoms with Gasteiger partial charge >= 0.3 is 0 Å². The highest BCUT2D eigenvalue weighted by Gasteiger charge is 2.10. The van der Waals surface area contributed by atoms with Crippen molar-refractivity contribution in [3.63, 3.8) is 0 Å². The summed E-state index contributed by atoms with van der Waals surface area (Å²) >= 11 is 0. The number of hydrogen-bond donors (Lipinski definition) is 1. The molecule has 1 atom stereocenters. The summed E-state index contributed by atoms with van der Waals surface area (Å²) in [4.78, 5) is 0. The third-order valence-electron chi connectivity index (χ3n) is 3.04. The van der Waals surface area contributed by atoms with Gasteiger partial charge in [0.15, 0.2) is 0 Å². The van der Waals surface area contributed by atoms with Crippen LogP contribution in [0.15, 0.2) is 46.9 Å². The van der Waals surface area contributed by atoms with E-state index in [0.717, 1.165) is 5.56 Å². The van der Waals surface area contributed by atoms with Crippen molar-refractivity contribution in [2.75, 3.05) is 0 Å². The standard InChI is InChI=1S/C15H15N3O/c1-10(16)15-18-17-14(19-15)9-11-6-7-12-4-2-3-5-13(12)8-11/h2-8,10H,9,16H2,1H3. The third-order valence-corrected chi connectivity index (χ3v) is 3.04. The lowest BCUT2D eigenvalue weighted by Gasteiger charge is -2.01. The lowest BCUT2D eigenvalue weighted by atomic mass is 10.1. The monoisotopic (exact) mass is 253 g/mol. The third kappa shape index (κ3) is 2.48. The average Bonchev–Trinajstić information content (AvgIpc) is 2.87. The van der Waals surface area contributed by atoms with E-state index in [-0.39, 0.29) is 6.04 Å². The molecule has 4 heteroatoms. The summed E-state index contributed by atoms with van der Waals surface area (Å²) in [5, 5.41) is 10.4. The highest BCUT2D eigenvalue weighted by atomic mass is 16.4. The molecule has 2 N–H and O–H groups in total. The van der Waals surface area contributed by atoms with Crippen molar-refractivity contribution in [2.45, 2.75) is 19.4 Å². The first kappa shape index (κ1) is 11.9. The Labute approximate surface area is 111 Å². The lowest BCUT2D eigenvalue weighted by molar-refractivity contribution is 0.433. The zero-order valence-electron chi connectivity index (χ0n) is 10.7. The normalized spacial score (nSPS) is 12.7. The fraction of sp³-hybridized carbons (Fsp3) is 0.200. The van der Waals surface area contributed by atoms with Crippen molar-refractivity contribution in [3.05, 3.63) is 59.8 Å². The first-order valence-electron chi connectivity index (χ1n) is 6.28. The Morgan fingerprint density at radius 3 is 2.63 bits per heavy atom. The zero-order chi connectivity index (χ0) is 13.2. The van der Waals surface area contributed by atoms with E-state index in [4.69, 9.17) is 10.2 Å². The number of nitrogens with zero attached hydrogens (tertiary/aromatic N) is 2. The molecule has 2 aromatic carbocycles. The van der Waals surface area contributed by atoms with Crippen molar-refractivity contribution >= 4 is 10.8 Å². The second kappa shape index (κ2) is 4.82. The molecule has 0 amide bonds. The Balaban J connectivity index is 1.87. The molecule has 4 nitrogen and oxygen atoms in total. The van der Waals surface area contributed by atoms with Gasteiger partial charge in [0.05, 0.1) is 12.5 Å². The van der Waals surface area contributed by atoms with E-state index in [9.17, 15) is 0 Å². The maximum Gasteiger partial charge on any atom is 0.232 e. The number of hydrogen-bond acceptors (Lipinski definition) is 4. The van der Waals surface area contributed by atoms with Crippen LogP contribution in [-0.2, 0) is 6.42 Å². The van der Waals surface area contributed by atoms with Crippen LogP contribution in [0.2, 0.25) is 0 Å². The Kier molecular flexibility index (Phi) is 3.01. The van der Waals surface area contributed by atoms with Crippen molar-refractivity contribution in [2.24, 2.45) is 5.73 Å². The van der Waals surface area contributed by atoms with Gasteiger partial charge in [0.2, 0.25) is 11.8 Å². The van der Waals surface area contributed by atoms with Crippen molar-refractivity contribution in [1.29, 1.82) is 0 Å². The maximum atomic E-state index is 5.70. The van der Waals surface area contributed by atoms with Crippen LogP contribution in [0.3, 0.4) is 0 Å². The van der Waals surface area contributed by atoms with Crippen LogP contribution in [0.25, 0.3) is 10.8 Å². The fourth-order valence-corrected chi connectivity index (χ4v) is 2.05. The number of aromatic nitrogens is 2. The van der Waals surface area contributed by atoms with Gasteiger partial charge in [-0.2, -0.15) is 0 Å². The van der Waals surface area contributed by atoms with Gasteiger partial charge in [-0.3, -0.25) is 0 Å². The van der Waals surface area contributed by atoms with Gasteiger partial charge < -0.3 is 10.2 Å². The van der Waals surface area contributed by atoms with Gasteiger partial charge in [-0.25, -0.2) is 0 Å². The molecule has 19 heavy (non-hydrogen) atoms. The molecule has 3 rings (SSSR count). The van der Waals surface area contributed by atoms with Gasteiger partial charge in [0, 0.05) is 0 Å². The second-order valence-electron chi connectivity index (χ2n) is 4.68. The quantitative estimate of drug-likeness (QED) is 0.779. The molecule has 0 radical (unpaired) electrons. The van der Waals surface area contributed by atoms with E-state index < -0.39 is 0 Å². The van der Waals surface area contributed by atoms with Crippen LogP contribution in [-0.4, -0.2) is 10.2 Å². The molecule has 0 bridgehead atoms. The van der Waals surface area contributed by atoms with Gasteiger partial charge in [0.25, 0.3) is 0 Å². The Morgan fingerprint density at radius 1 is 1.11 bits per heavy atom. The van der Waals surface area contributed by atoms with E-state index in [1.807, 2.05) is 19.1 Å². The Morgan fingerprint density at radius 2 is 1.89 bits per heavy atom. The molecule has 0 aliphatic heterocycles. The van der Waals surface area contributed by atoms with Gasteiger partial charge in [-0.1, -0.05) is 42.5 Å². The largest absolute Gasteiger partial charge is 0.423 e. The molecular weight excluding hydrogens is 238 g/mol. The maximum absolute atomic E-state index is 5.70. The lowest BCUT2D eigenvalue weighted by Crippen LogP contribution is -2.04. The predicted molar refractivity (Wildman–Crippen MR) is 73.7 cm³/mol. The van der Waals surface area contributed by atoms with E-state index in [0.29, 0.717) is 18.2 Å². The molecule has 0 fully saturated rings. The van der Waals surface area contributed by atoms with Gasteiger partial charge in [-0.05, 0) is 23.3 Å². The average molecular weight is 253 g/mol. The van der Waals surface area contributed by atoms with Gasteiger partial charge in [0.1, 0.15) is 0 Å². The first-order valence-corrected chi connectivity index (χ1v) is 6.28. The zero-order valence-corrected chi connectivity index (χ0v) is 10.7. The Bertz CT molecular complexity index is 703. The molecule has 96 valence electrons. The molecule has 1 unspecified atom stereocenters. The van der Waals surface area contributed by atoms with E-state index in [2.05, 4.69) is 40.5 Å². The van der Waals surface area contributed by atoms with E-state index in [1.54, 1.807) is 0 Å². The molecule has 1 aromatic heterocycles. The summed E-state index contributed by atoms with van der Waals surface area (Å²) in [6, 6.07) is 14.4. The minimum atomic E-state index is -0.224. The molecule has 0 spiro atoms. The molecular formula is C15H15N3O. The molecule has 0 saturated carbocycles. The summed E-state index contributed by atoms with van der Waals surface area (Å²) in [6.07, 6.45) is 0.630. The molecule has 0 aliphatic rings. The van der Waals surface area contributed by atoms with Crippen molar-refractivity contribution in [1.82, 2.24) is 10.2 Å². The van der Waals surface area contributed by atoms with Crippen molar-refractivity contribution in [3.8, 4) is 0 Å². The van der Waals surface area contributed by atoms with Crippen LogP contribution >= 0.6 is 0 Å². The summed E-state index contributed by atoms with van der Waals surface area (Å²) in [5.74, 6) is 1.08. The van der Waals surface area contributed by atoms with Crippen LogP contribution in [0.4, 0.5) is 0 Å². The molecule has 1 heterocycles. The number of benzene rings is 2. The summed E-state index contributed by atoms with van der Waals surface area (Å²) in [6.45, 7) is 1.83. The van der Waals surface area contributed by atoms with Crippen LogP contribution in [0, 0.1) is 0 Å². The number of fused-ring (bicyclic) bond motifs is 1. The Hall–Kier alpha value is -2.20. The first-order chi connectivity index (χ1) is 9.22. The smallest absolute Gasteiger partial charge is 0.232 e. The van der Waals surface area contributed by atoms with E-state index >= 15 is 0 Å². The molecule has 0 aliphatic carbocycles. The fourth-order valence-electron chi connectivity index (χ4n) is 2.05. The predicted octanol–water partition coefficient (Wildman–Crippen LogP) is 2.83. The van der Waals surface area contributed by atoms with Crippen molar-refractivity contribution < 1.29 is 4.42 Å². The topological polar surface area (TPSA) is 64.9 Å². The summed E-state index contributed by atoms with van der Waals surface area (Å²) in [7, 11) is 0. The number of rotatable bonds is 3. The molecule has 0 saturated heterocycles. The molecule has 3 aromatic rings. The second-order valence-corrected chi connectivity index (χ2v) is 4.68. The SMILES string of the molecule is CC(N)c1nnc(Cc2ccc3ccccc3c2)o1. The van der Waals surface area contributed by atoms with Crippen LogP contribution in [0.5, 0.6) is 0 Å². The van der Waals surface area contributed by atoms with Crippen LogP contribution < -0.4 is 5.73 Å². The summed E-state index contributed by atoms with van der Waals surface area (Å²) in [5.41, 5.74) is 6.85. The summed E-state index contributed by atoms with van der Waals surface area (Å²) < 4.78 is 5.51. The van der Waals surface area contributed by atoms with E-state index in [1.165, 1.54) is 10.8 Å². The number of nitrogens with two attached hydrogens (primary N) is 1. The highest BCUT2D eigenvalue weighted by Crippen LogP contribution is 2.18.